The first-order valence-electron chi connectivity index (χ1n) is 4.03. The molecule has 72 valence electrons. The van der Waals surface area contributed by atoms with Crippen molar-refractivity contribution in [2.75, 3.05) is 17.8 Å². The van der Waals surface area contributed by atoms with Gasteiger partial charge in [-0.05, 0) is 18.6 Å². The second kappa shape index (κ2) is 5.80. The number of hydrazine groups is 1. The highest BCUT2D eigenvalue weighted by molar-refractivity contribution is 7.99. The number of nitrogens with two attached hydrogens (primary N) is 1. The zero-order valence-electron chi connectivity index (χ0n) is 7.23. The van der Waals surface area contributed by atoms with Crippen molar-refractivity contribution in [2.24, 2.45) is 5.84 Å². The molecule has 0 spiro atoms. The van der Waals surface area contributed by atoms with Gasteiger partial charge in [-0.1, -0.05) is 0 Å². The van der Waals surface area contributed by atoms with Gasteiger partial charge in [-0.3, -0.25) is 0 Å². The molecule has 0 saturated carbocycles. The number of pyridine rings is 1. The van der Waals surface area contributed by atoms with Crippen molar-refractivity contribution in [3.63, 3.8) is 0 Å². The van der Waals surface area contributed by atoms with E-state index in [1.54, 1.807) is 18.0 Å². The minimum atomic E-state index is 0.236. The van der Waals surface area contributed by atoms with Crippen LogP contribution in [0.15, 0.2) is 23.2 Å². The van der Waals surface area contributed by atoms with Gasteiger partial charge in [0.15, 0.2) is 0 Å². The van der Waals surface area contributed by atoms with Crippen LogP contribution in [0.2, 0.25) is 0 Å². The molecule has 1 rings (SSSR count). The second-order valence-corrected chi connectivity index (χ2v) is 3.62. The number of aliphatic hydroxyl groups is 1. The molecule has 0 radical (unpaired) electrons. The molecule has 0 unspecified atom stereocenters. The van der Waals surface area contributed by atoms with Gasteiger partial charge in [-0.25, -0.2) is 10.8 Å². The van der Waals surface area contributed by atoms with Gasteiger partial charge in [0, 0.05) is 23.5 Å². The Morgan fingerprint density at radius 2 is 2.46 bits per heavy atom. The fraction of sp³-hybridized carbons (Fsp3) is 0.375. The van der Waals surface area contributed by atoms with Crippen LogP contribution < -0.4 is 11.3 Å². The molecule has 0 bridgehead atoms. The smallest absolute Gasteiger partial charge is 0.140 e. The molecule has 0 atom stereocenters. The minimum absolute atomic E-state index is 0.236. The van der Waals surface area contributed by atoms with E-state index < -0.39 is 0 Å². The first-order chi connectivity index (χ1) is 6.36. The lowest BCUT2D eigenvalue weighted by Gasteiger charge is -2.02. The van der Waals surface area contributed by atoms with Crippen molar-refractivity contribution in [2.45, 2.75) is 11.3 Å². The maximum atomic E-state index is 8.59. The zero-order valence-corrected chi connectivity index (χ0v) is 8.05. The number of anilines is 1. The molecular weight excluding hydrogens is 186 g/mol. The molecule has 5 heteroatoms. The Hall–Kier alpha value is -0.780. The first-order valence-corrected chi connectivity index (χ1v) is 5.01. The Labute approximate surface area is 81.5 Å². The van der Waals surface area contributed by atoms with Crippen LogP contribution in [-0.4, -0.2) is 22.5 Å². The van der Waals surface area contributed by atoms with Crippen LogP contribution in [0.3, 0.4) is 0 Å². The van der Waals surface area contributed by atoms with Crippen molar-refractivity contribution in [3.05, 3.63) is 18.3 Å². The lowest BCUT2D eigenvalue weighted by molar-refractivity contribution is 0.296. The molecule has 1 aromatic rings. The molecule has 0 aliphatic heterocycles. The molecule has 1 aromatic heterocycles. The van der Waals surface area contributed by atoms with Gasteiger partial charge < -0.3 is 10.5 Å². The molecule has 0 aromatic carbocycles. The number of aliphatic hydroxyl groups excluding tert-OH is 1. The number of aromatic nitrogens is 1. The highest BCUT2D eigenvalue weighted by Crippen LogP contribution is 2.19. The third kappa shape index (κ3) is 3.63. The van der Waals surface area contributed by atoms with Crippen LogP contribution in [0.5, 0.6) is 0 Å². The van der Waals surface area contributed by atoms with E-state index in [9.17, 15) is 0 Å². The summed E-state index contributed by atoms with van der Waals surface area (Å²) in [4.78, 5) is 5.10. The molecule has 4 nitrogen and oxygen atoms in total. The molecule has 1 heterocycles. The van der Waals surface area contributed by atoms with Gasteiger partial charge in [0.05, 0.1) is 0 Å². The Kier molecular flexibility index (Phi) is 4.59. The molecule has 13 heavy (non-hydrogen) atoms. The number of nitrogens with zero attached hydrogens (tertiary/aromatic N) is 1. The van der Waals surface area contributed by atoms with E-state index in [-0.39, 0.29) is 6.61 Å². The summed E-state index contributed by atoms with van der Waals surface area (Å²) in [5.41, 5.74) is 2.48. The van der Waals surface area contributed by atoms with Gasteiger partial charge in [0.1, 0.15) is 5.82 Å². The largest absolute Gasteiger partial charge is 0.396 e. The number of hydrogen-bond acceptors (Lipinski definition) is 5. The van der Waals surface area contributed by atoms with Gasteiger partial charge in [-0.2, -0.15) is 0 Å². The average molecular weight is 199 g/mol. The van der Waals surface area contributed by atoms with Crippen LogP contribution >= 0.6 is 11.8 Å². The standard InChI is InChI=1S/C8H13N3OS/c9-11-8-6-7(2-3-10-8)13-5-1-4-12/h2-3,6,12H,1,4-5,9H2,(H,10,11). The molecule has 0 aliphatic rings. The van der Waals surface area contributed by atoms with Gasteiger partial charge in [-0.15, -0.1) is 11.8 Å². The first kappa shape index (κ1) is 10.3. The van der Waals surface area contributed by atoms with Crippen molar-refractivity contribution in [1.82, 2.24) is 4.98 Å². The Balaban J connectivity index is 2.46. The summed E-state index contributed by atoms with van der Waals surface area (Å²) < 4.78 is 0. The number of thioether (sulfide) groups is 1. The van der Waals surface area contributed by atoms with Crippen LogP contribution in [-0.2, 0) is 0 Å². The lowest BCUT2D eigenvalue weighted by Crippen LogP contribution is -2.08. The van der Waals surface area contributed by atoms with Gasteiger partial charge in [0.25, 0.3) is 0 Å². The van der Waals surface area contributed by atoms with Gasteiger partial charge >= 0.3 is 0 Å². The van der Waals surface area contributed by atoms with Crippen LogP contribution in [0, 0.1) is 0 Å². The van der Waals surface area contributed by atoms with Crippen molar-refractivity contribution in [3.8, 4) is 0 Å². The summed E-state index contributed by atoms with van der Waals surface area (Å²) in [6, 6.07) is 3.80. The summed E-state index contributed by atoms with van der Waals surface area (Å²) >= 11 is 1.68. The van der Waals surface area contributed by atoms with Crippen molar-refractivity contribution >= 4 is 17.6 Å². The Morgan fingerprint density at radius 1 is 1.62 bits per heavy atom. The van der Waals surface area contributed by atoms with Crippen LogP contribution in [0.4, 0.5) is 5.82 Å². The molecule has 0 fully saturated rings. The topological polar surface area (TPSA) is 71.2 Å². The van der Waals surface area contributed by atoms with E-state index >= 15 is 0 Å². The highest BCUT2D eigenvalue weighted by atomic mass is 32.2. The zero-order chi connectivity index (χ0) is 9.52. The summed E-state index contributed by atoms with van der Waals surface area (Å²) in [6.07, 6.45) is 2.51. The van der Waals surface area contributed by atoms with Crippen molar-refractivity contribution < 1.29 is 5.11 Å². The van der Waals surface area contributed by atoms with E-state index in [1.807, 2.05) is 12.1 Å². The summed E-state index contributed by atoms with van der Waals surface area (Å²) in [5.74, 6) is 6.78. The second-order valence-electron chi connectivity index (χ2n) is 2.45. The monoisotopic (exact) mass is 199 g/mol. The predicted molar refractivity (Wildman–Crippen MR) is 54.5 cm³/mol. The average Bonchev–Trinajstić information content (AvgIpc) is 2.19. The predicted octanol–water partition coefficient (Wildman–Crippen LogP) is 0.842. The van der Waals surface area contributed by atoms with Gasteiger partial charge in [0.2, 0.25) is 0 Å². The van der Waals surface area contributed by atoms with E-state index in [0.29, 0.717) is 5.82 Å². The van der Waals surface area contributed by atoms with E-state index in [4.69, 9.17) is 10.9 Å². The third-order valence-corrected chi connectivity index (χ3v) is 2.53. The number of hydrogen-bond donors (Lipinski definition) is 3. The number of nitrogens with one attached hydrogen (secondary N) is 1. The molecule has 0 saturated heterocycles. The number of nitrogen functional groups attached to an aromatic ring is 1. The summed E-state index contributed by atoms with van der Waals surface area (Å²) in [7, 11) is 0. The lowest BCUT2D eigenvalue weighted by atomic mass is 10.5. The van der Waals surface area contributed by atoms with Crippen LogP contribution in [0.1, 0.15) is 6.42 Å². The molecule has 4 N–H and O–H groups in total. The van der Waals surface area contributed by atoms with Crippen LogP contribution in [0.25, 0.3) is 0 Å². The third-order valence-electron chi connectivity index (χ3n) is 1.45. The van der Waals surface area contributed by atoms with E-state index in [0.717, 1.165) is 17.1 Å². The highest BCUT2D eigenvalue weighted by Gasteiger charge is 1.95. The SMILES string of the molecule is NNc1cc(SCCCO)ccn1. The number of rotatable bonds is 5. The minimum Gasteiger partial charge on any atom is -0.396 e. The molecule has 0 amide bonds. The van der Waals surface area contributed by atoms with Crippen molar-refractivity contribution in [1.29, 1.82) is 0 Å². The fourth-order valence-electron chi connectivity index (χ4n) is 0.834. The van der Waals surface area contributed by atoms with E-state index in [2.05, 4.69) is 10.4 Å². The van der Waals surface area contributed by atoms with E-state index in [1.165, 1.54) is 0 Å². The summed E-state index contributed by atoms with van der Waals surface area (Å²) in [6.45, 7) is 0.236. The maximum Gasteiger partial charge on any atom is 0.140 e. The molecular formula is C8H13N3OS. The normalized spacial score (nSPS) is 10.0. The fourth-order valence-corrected chi connectivity index (χ4v) is 1.70. The maximum absolute atomic E-state index is 8.59. The Bertz CT molecular complexity index is 257. The molecule has 0 aliphatic carbocycles. The quantitative estimate of drug-likeness (QED) is 0.284. The summed E-state index contributed by atoms with van der Waals surface area (Å²) in [5, 5.41) is 8.59. The Morgan fingerprint density at radius 3 is 3.15 bits per heavy atom.